The summed E-state index contributed by atoms with van der Waals surface area (Å²) >= 11 is 0. The van der Waals surface area contributed by atoms with Crippen LogP contribution in [-0.4, -0.2) is 37.9 Å². The molecule has 0 aliphatic heterocycles. The summed E-state index contributed by atoms with van der Waals surface area (Å²) in [4.78, 5) is 13.0. The van der Waals surface area contributed by atoms with Gasteiger partial charge in [-0.05, 0) is 61.7 Å². The summed E-state index contributed by atoms with van der Waals surface area (Å²) in [7, 11) is -2.45. The van der Waals surface area contributed by atoms with Gasteiger partial charge in [-0.3, -0.25) is 4.79 Å². The van der Waals surface area contributed by atoms with Crippen molar-refractivity contribution in [3.05, 3.63) is 64.1 Å². The molecule has 0 radical (unpaired) electrons. The Balaban J connectivity index is 2.16. The molecule has 0 unspecified atom stereocenters. The molecule has 0 bridgehead atoms. The molecule has 36 heavy (non-hydrogen) atoms. The van der Waals surface area contributed by atoms with Crippen LogP contribution >= 0.6 is 0 Å². The first-order valence-electron chi connectivity index (χ1n) is 10.2. The topological polar surface area (TPSA) is 107 Å². The molecule has 3 rings (SSSR count). The van der Waals surface area contributed by atoms with Crippen molar-refractivity contribution in [2.75, 3.05) is 18.7 Å². The number of methoxy groups -OCH3 is 1. The number of hydrogen-bond donors (Lipinski definition) is 1. The van der Waals surface area contributed by atoms with E-state index in [-0.39, 0.29) is 27.6 Å². The van der Waals surface area contributed by atoms with Crippen molar-refractivity contribution in [2.45, 2.75) is 31.8 Å². The van der Waals surface area contributed by atoms with E-state index in [0.29, 0.717) is 5.56 Å². The summed E-state index contributed by atoms with van der Waals surface area (Å²) < 4.78 is 89.6. The number of rotatable bonds is 6. The standard InChI is InChI=1S/C23H21F4N3O5S/c1-11-9-12(2)18(19(34-4)17(11)24)35-22-16(13(3)20(29-30-22)23(25,26)27)21(31)28-14-7-6-8-15(10-14)36(5,32)33/h6-10H,1-5H3,(H,28,31). The molecule has 0 fully saturated rings. The average Bonchev–Trinajstić information content (AvgIpc) is 2.76. The number of carbonyl (C=O) groups excluding carboxylic acids is 1. The number of ether oxygens (including phenoxy) is 2. The Kier molecular flexibility index (Phi) is 7.25. The van der Waals surface area contributed by atoms with Crippen LogP contribution in [0.2, 0.25) is 0 Å². The Morgan fingerprint density at radius 2 is 1.69 bits per heavy atom. The quantitative estimate of drug-likeness (QED) is 0.449. The average molecular weight is 527 g/mol. The summed E-state index contributed by atoms with van der Waals surface area (Å²) in [5.74, 6) is -3.03. The van der Waals surface area contributed by atoms with Gasteiger partial charge in [-0.25, -0.2) is 12.8 Å². The fraction of sp³-hybridized carbons (Fsp3) is 0.261. The summed E-state index contributed by atoms with van der Waals surface area (Å²) in [6, 6.07) is 6.57. The van der Waals surface area contributed by atoms with Gasteiger partial charge < -0.3 is 14.8 Å². The molecule has 0 aliphatic carbocycles. The van der Waals surface area contributed by atoms with Gasteiger partial charge in [-0.1, -0.05) is 6.07 Å². The third-order valence-electron chi connectivity index (χ3n) is 5.15. The van der Waals surface area contributed by atoms with Crippen molar-refractivity contribution in [2.24, 2.45) is 0 Å². The predicted molar refractivity (Wildman–Crippen MR) is 122 cm³/mol. The molecular weight excluding hydrogens is 506 g/mol. The maximum atomic E-state index is 14.6. The monoisotopic (exact) mass is 527 g/mol. The number of aromatic nitrogens is 2. The summed E-state index contributed by atoms with van der Waals surface area (Å²) in [5, 5.41) is 8.99. The number of alkyl halides is 3. The van der Waals surface area contributed by atoms with Crippen molar-refractivity contribution in [1.29, 1.82) is 0 Å². The molecule has 2 aromatic carbocycles. The lowest BCUT2D eigenvalue weighted by molar-refractivity contribution is -0.142. The van der Waals surface area contributed by atoms with E-state index in [1.54, 1.807) is 6.92 Å². The number of sulfone groups is 1. The second-order valence-electron chi connectivity index (χ2n) is 7.89. The van der Waals surface area contributed by atoms with Crippen molar-refractivity contribution in [1.82, 2.24) is 10.2 Å². The molecule has 0 aliphatic rings. The first-order chi connectivity index (χ1) is 16.6. The Morgan fingerprint density at radius 1 is 1.03 bits per heavy atom. The number of hydrogen-bond acceptors (Lipinski definition) is 7. The number of anilines is 1. The molecule has 3 aromatic rings. The number of nitrogens with one attached hydrogen (secondary N) is 1. The highest BCUT2D eigenvalue weighted by Gasteiger charge is 2.38. The Labute approximate surface area is 204 Å². The smallest absolute Gasteiger partial charge is 0.435 e. The number of halogens is 4. The molecule has 8 nitrogen and oxygen atoms in total. The highest BCUT2D eigenvalue weighted by atomic mass is 32.2. The fourth-order valence-corrected chi connectivity index (χ4v) is 4.09. The molecule has 1 heterocycles. The molecule has 1 N–H and O–H groups in total. The van der Waals surface area contributed by atoms with Crippen molar-refractivity contribution < 1.29 is 40.2 Å². The van der Waals surface area contributed by atoms with E-state index in [4.69, 9.17) is 9.47 Å². The summed E-state index contributed by atoms with van der Waals surface area (Å²) in [6.07, 6.45) is -3.98. The summed E-state index contributed by atoms with van der Waals surface area (Å²) in [6.45, 7) is 4.04. The minimum absolute atomic E-state index is 0.00575. The molecule has 0 saturated heterocycles. The third kappa shape index (κ3) is 5.40. The maximum Gasteiger partial charge on any atom is 0.435 e. The number of carbonyl (C=O) groups is 1. The van der Waals surface area contributed by atoms with Crippen LogP contribution in [0.25, 0.3) is 0 Å². The van der Waals surface area contributed by atoms with Gasteiger partial charge in [0.2, 0.25) is 0 Å². The zero-order valence-corrected chi connectivity index (χ0v) is 20.6. The lowest BCUT2D eigenvalue weighted by Gasteiger charge is -2.18. The van der Waals surface area contributed by atoms with Gasteiger partial charge in [-0.15, -0.1) is 10.2 Å². The first kappa shape index (κ1) is 26.9. The number of aryl methyl sites for hydroxylation is 2. The van der Waals surface area contributed by atoms with Gasteiger partial charge in [0.1, 0.15) is 5.56 Å². The van der Waals surface area contributed by atoms with Gasteiger partial charge in [0, 0.05) is 11.9 Å². The van der Waals surface area contributed by atoms with Crippen molar-refractivity contribution in [3.8, 4) is 17.4 Å². The van der Waals surface area contributed by atoms with E-state index in [1.165, 1.54) is 38.3 Å². The van der Waals surface area contributed by atoms with E-state index in [9.17, 15) is 30.8 Å². The van der Waals surface area contributed by atoms with Gasteiger partial charge in [0.25, 0.3) is 11.8 Å². The van der Waals surface area contributed by atoms with Gasteiger partial charge in [-0.2, -0.15) is 13.2 Å². The largest absolute Gasteiger partial charge is 0.490 e. The van der Waals surface area contributed by atoms with Gasteiger partial charge in [0.15, 0.2) is 32.8 Å². The van der Waals surface area contributed by atoms with Crippen LogP contribution in [0.3, 0.4) is 0 Å². The summed E-state index contributed by atoms with van der Waals surface area (Å²) in [5.41, 5.74) is -2.08. The van der Waals surface area contributed by atoms with Crippen LogP contribution in [0.1, 0.15) is 32.7 Å². The first-order valence-corrected chi connectivity index (χ1v) is 12.1. The molecule has 0 atom stereocenters. The predicted octanol–water partition coefficient (Wildman–Crippen LogP) is 5.02. The van der Waals surface area contributed by atoms with E-state index in [2.05, 4.69) is 15.5 Å². The van der Waals surface area contributed by atoms with Crippen molar-refractivity contribution >= 4 is 21.4 Å². The maximum absolute atomic E-state index is 14.6. The van der Waals surface area contributed by atoms with E-state index in [0.717, 1.165) is 19.2 Å². The van der Waals surface area contributed by atoms with Crippen LogP contribution in [0.5, 0.6) is 17.4 Å². The van der Waals surface area contributed by atoms with Crippen LogP contribution in [0.15, 0.2) is 35.2 Å². The molecule has 1 aromatic heterocycles. The lowest BCUT2D eigenvalue weighted by atomic mass is 10.1. The van der Waals surface area contributed by atoms with Crippen LogP contribution in [-0.2, 0) is 16.0 Å². The van der Waals surface area contributed by atoms with Crippen molar-refractivity contribution in [3.63, 3.8) is 0 Å². The SMILES string of the molecule is COc1c(F)c(C)cc(C)c1Oc1nnc(C(F)(F)F)c(C)c1C(=O)Nc1cccc(S(C)(=O)=O)c1. The zero-order valence-electron chi connectivity index (χ0n) is 19.7. The van der Waals surface area contributed by atoms with Crippen LogP contribution in [0, 0.1) is 26.6 Å². The Morgan fingerprint density at radius 3 is 2.28 bits per heavy atom. The number of benzene rings is 2. The van der Waals surface area contributed by atoms with Crippen LogP contribution in [0.4, 0.5) is 23.2 Å². The second kappa shape index (κ2) is 9.72. The molecule has 192 valence electrons. The highest BCUT2D eigenvalue weighted by molar-refractivity contribution is 7.90. The molecule has 1 amide bonds. The fourth-order valence-electron chi connectivity index (χ4n) is 3.42. The Hall–Kier alpha value is -3.74. The minimum Gasteiger partial charge on any atom is -0.490 e. The molecular formula is C23H21F4N3O5S. The second-order valence-corrected chi connectivity index (χ2v) is 9.91. The number of nitrogens with zero attached hydrogens (tertiary/aromatic N) is 2. The minimum atomic E-state index is -4.94. The van der Waals surface area contributed by atoms with E-state index in [1.807, 2.05) is 0 Å². The number of amides is 1. The molecule has 13 heteroatoms. The van der Waals surface area contributed by atoms with Gasteiger partial charge >= 0.3 is 6.18 Å². The van der Waals surface area contributed by atoms with Gasteiger partial charge in [0.05, 0.1) is 12.0 Å². The van der Waals surface area contributed by atoms with Crippen LogP contribution < -0.4 is 14.8 Å². The van der Waals surface area contributed by atoms with E-state index < -0.39 is 50.4 Å². The normalized spacial score (nSPS) is 11.8. The van der Waals surface area contributed by atoms with E-state index >= 15 is 0 Å². The third-order valence-corrected chi connectivity index (χ3v) is 6.26. The zero-order chi connectivity index (χ0) is 27.0. The highest BCUT2D eigenvalue weighted by Crippen LogP contribution is 2.40. The molecule has 0 saturated carbocycles. The Bertz CT molecular complexity index is 1460. The molecule has 0 spiro atoms. The lowest BCUT2D eigenvalue weighted by Crippen LogP contribution is -2.21.